The van der Waals surface area contributed by atoms with Crippen LogP contribution in [-0.2, 0) is 72.7 Å². The first-order chi connectivity index (χ1) is 22.2. The summed E-state index contributed by atoms with van der Waals surface area (Å²) in [5.74, 6) is 0. The molecule has 0 aliphatic rings. The Labute approximate surface area is 353 Å². The van der Waals surface area contributed by atoms with E-state index in [0.717, 1.165) is 0 Å². The van der Waals surface area contributed by atoms with Crippen LogP contribution in [0.1, 0.15) is 166 Å². The first-order valence-corrected chi connectivity index (χ1v) is 34.6. The van der Waals surface area contributed by atoms with E-state index in [1.54, 1.807) is 0 Å². The quantitative estimate of drug-likeness (QED) is 0.0859. The van der Waals surface area contributed by atoms with Crippen molar-refractivity contribution < 1.29 is 72.7 Å². The fraction of sp³-hybridized carbons (Fsp3) is 1.00. The summed E-state index contributed by atoms with van der Waals surface area (Å²) in [6.07, 6.45) is -3.42. The van der Waals surface area contributed by atoms with E-state index in [4.69, 9.17) is 38.9 Å². The molecule has 0 N–H and O–H groups in total. The van der Waals surface area contributed by atoms with E-state index in [9.17, 15) is 0 Å². The number of hydrogen-bond donors (Lipinski definition) is 0. The minimum absolute atomic E-state index is 0. The van der Waals surface area contributed by atoms with Gasteiger partial charge in [0.05, 0.1) is 0 Å². The van der Waals surface area contributed by atoms with Crippen LogP contribution in [0, 0.1) is 0 Å². The molecule has 0 aromatic heterocycles. The van der Waals surface area contributed by atoms with Crippen LogP contribution in [0.3, 0.4) is 0 Å². The van der Waals surface area contributed by atoms with Crippen molar-refractivity contribution in [3.63, 3.8) is 0 Å². The van der Waals surface area contributed by atoms with Gasteiger partial charge in [-0.1, -0.05) is 0 Å². The molecule has 0 atom stereocenters. The van der Waals surface area contributed by atoms with Gasteiger partial charge < -0.3 is 0 Å². The average molecular weight is 1160 g/mol. The molecular formula is C36H86O12SrTa2. The van der Waals surface area contributed by atoms with Crippen LogP contribution in [0.4, 0.5) is 0 Å². The molecule has 0 amide bonds. The summed E-state index contributed by atoms with van der Waals surface area (Å²) in [7, 11) is 0. The maximum atomic E-state index is 6.46. The van der Waals surface area contributed by atoms with Gasteiger partial charge in [0, 0.05) is 0 Å². The molecule has 0 rings (SSSR count). The first-order valence-electron chi connectivity index (χ1n) is 18.9. The molecule has 0 aromatic carbocycles. The Morgan fingerprint density at radius 1 is 0.176 bits per heavy atom. The summed E-state index contributed by atoms with van der Waals surface area (Å²) >= 11 is -13.2. The van der Waals surface area contributed by atoms with E-state index in [-0.39, 0.29) is 119 Å². The topological polar surface area (TPSA) is 111 Å². The fourth-order valence-corrected chi connectivity index (χ4v) is 48.4. The van der Waals surface area contributed by atoms with Gasteiger partial charge in [0.15, 0.2) is 0 Å². The van der Waals surface area contributed by atoms with E-state index in [1.807, 2.05) is 166 Å². The van der Waals surface area contributed by atoms with Gasteiger partial charge in [-0.15, -0.1) is 0 Å². The Hall–Kier alpha value is 2.48. The second-order valence-electron chi connectivity index (χ2n) is 16.1. The summed E-state index contributed by atoms with van der Waals surface area (Å²) in [6.45, 7) is 45.6. The molecule has 0 saturated heterocycles. The Morgan fingerprint density at radius 2 is 0.235 bits per heavy atom. The van der Waals surface area contributed by atoms with Crippen LogP contribution >= 0.6 is 0 Å². The zero-order chi connectivity index (χ0) is 40.2. The van der Waals surface area contributed by atoms with Crippen LogP contribution in [0.2, 0.25) is 0 Å². The monoisotopic (exact) mass is 1160 g/mol. The molecular weight excluding hydrogens is 1070 g/mol. The Kier molecular flexibility index (Phi) is 24.3. The van der Waals surface area contributed by atoms with Gasteiger partial charge in [-0.05, 0) is 0 Å². The predicted octanol–water partition coefficient (Wildman–Crippen LogP) is 9.59. The SMILES string of the molecule is CC(C)[O][Ta]([O]C(C)C)([O]C(C)C)([O]C(C)C)([O]C(C)C)[O]C(C)C.CC(C)[O][Ta]([O]C(C)C)([O]C(C)C)([O]C(C)C)([O]C(C)C)[O]C(C)C.[SrH2]. The van der Waals surface area contributed by atoms with Crippen LogP contribution < -0.4 is 0 Å². The third kappa shape index (κ3) is 17.9. The van der Waals surface area contributed by atoms with E-state index in [0.29, 0.717) is 0 Å². The third-order valence-electron chi connectivity index (χ3n) is 5.11. The van der Waals surface area contributed by atoms with Crippen molar-refractivity contribution in [3.05, 3.63) is 0 Å². The molecule has 0 unspecified atom stereocenters. The Balaban J connectivity index is -0.000000886. The molecule has 0 fully saturated rings. The summed E-state index contributed by atoms with van der Waals surface area (Å²) in [6, 6.07) is 0. The van der Waals surface area contributed by atoms with Crippen LogP contribution in [0.15, 0.2) is 0 Å². The molecule has 15 heteroatoms. The molecule has 51 heavy (non-hydrogen) atoms. The van der Waals surface area contributed by atoms with E-state index in [1.165, 1.54) is 0 Å². The molecule has 0 radical (unpaired) electrons. The zero-order valence-electron chi connectivity index (χ0n) is 36.7. The molecule has 12 nitrogen and oxygen atoms in total. The van der Waals surface area contributed by atoms with Crippen molar-refractivity contribution in [2.45, 2.75) is 239 Å². The number of hydrogen-bond acceptors (Lipinski definition) is 12. The van der Waals surface area contributed by atoms with Gasteiger partial charge in [0.25, 0.3) is 0 Å². The summed E-state index contributed by atoms with van der Waals surface area (Å²) < 4.78 is 77.5. The average Bonchev–Trinajstić information content (AvgIpc) is 2.71. The Morgan fingerprint density at radius 3 is 0.275 bits per heavy atom. The van der Waals surface area contributed by atoms with Gasteiger partial charge in [-0.25, -0.2) is 0 Å². The van der Waals surface area contributed by atoms with Crippen LogP contribution in [0.25, 0.3) is 0 Å². The molecule has 0 aliphatic carbocycles. The maximum absolute atomic E-state index is 6.62. The molecule has 0 bridgehead atoms. The van der Waals surface area contributed by atoms with E-state index < -0.39 is 33.8 Å². The molecule has 0 spiro atoms. The van der Waals surface area contributed by atoms with Gasteiger partial charge in [-0.2, -0.15) is 0 Å². The summed E-state index contributed by atoms with van der Waals surface area (Å²) in [5.41, 5.74) is 0. The third-order valence-corrected chi connectivity index (χ3v) is 41.8. The molecule has 0 heterocycles. The second-order valence-corrected chi connectivity index (χ2v) is 41.2. The summed E-state index contributed by atoms with van der Waals surface area (Å²) in [5, 5.41) is 0. The normalized spacial score (nSPS) is 16.2. The van der Waals surface area contributed by atoms with Gasteiger partial charge >= 0.3 is 358 Å². The minimum atomic E-state index is -6.62. The molecule has 0 aromatic rings. The molecule has 314 valence electrons. The van der Waals surface area contributed by atoms with Crippen LogP contribution in [-0.4, -0.2) is 119 Å². The number of rotatable bonds is 24. The second kappa shape index (κ2) is 21.5. The molecule has 0 saturated carbocycles. The van der Waals surface area contributed by atoms with Crippen LogP contribution in [0.5, 0.6) is 0 Å². The predicted molar refractivity (Wildman–Crippen MR) is 203 cm³/mol. The summed E-state index contributed by atoms with van der Waals surface area (Å²) in [4.78, 5) is 0. The standard InChI is InChI=1S/12C3H7O.Sr.2Ta.2H/c12*1-3(2)4;;;;;/h12*3H,1-2H3;;;;;/q12*-1;;2*+6;;. The van der Waals surface area contributed by atoms with Gasteiger partial charge in [-0.3, -0.25) is 0 Å². The van der Waals surface area contributed by atoms with Gasteiger partial charge in [0.1, 0.15) is 0 Å². The van der Waals surface area contributed by atoms with Crippen molar-refractivity contribution in [2.75, 3.05) is 0 Å². The van der Waals surface area contributed by atoms with Crippen molar-refractivity contribution >= 4 is 45.5 Å². The van der Waals surface area contributed by atoms with E-state index in [2.05, 4.69) is 0 Å². The van der Waals surface area contributed by atoms with Gasteiger partial charge in [0.2, 0.25) is 0 Å². The van der Waals surface area contributed by atoms with Crippen molar-refractivity contribution in [2.24, 2.45) is 0 Å². The Bertz CT molecular complexity index is 695. The molecule has 0 aliphatic heterocycles. The van der Waals surface area contributed by atoms with Crippen molar-refractivity contribution in [3.8, 4) is 0 Å². The zero-order valence-corrected chi connectivity index (χ0v) is 43.1. The van der Waals surface area contributed by atoms with Crippen molar-refractivity contribution in [1.82, 2.24) is 0 Å². The fourth-order valence-electron chi connectivity index (χ4n) is 5.91. The van der Waals surface area contributed by atoms with E-state index >= 15 is 0 Å². The van der Waals surface area contributed by atoms with Crippen molar-refractivity contribution in [1.29, 1.82) is 0 Å². The first kappa shape index (κ1) is 57.8.